The van der Waals surface area contributed by atoms with E-state index in [4.69, 9.17) is 10.00 Å². The van der Waals surface area contributed by atoms with Crippen molar-refractivity contribution in [2.45, 2.75) is 6.36 Å². The van der Waals surface area contributed by atoms with Crippen LogP contribution in [0.2, 0.25) is 0 Å². The molecule has 0 aliphatic carbocycles. The van der Waals surface area contributed by atoms with Gasteiger partial charge < -0.3 is 14.8 Å². The van der Waals surface area contributed by atoms with E-state index in [0.29, 0.717) is 0 Å². The van der Waals surface area contributed by atoms with Crippen molar-refractivity contribution in [1.82, 2.24) is 0 Å². The average molecular weight is 409 g/mol. The highest BCUT2D eigenvalue weighted by Gasteiger charge is 2.31. The summed E-state index contributed by atoms with van der Waals surface area (Å²) < 4.78 is 44.7. The predicted molar refractivity (Wildman–Crippen MR) is 89.8 cm³/mol. The largest absolute Gasteiger partial charge is 0.573 e. The fraction of sp³-hybridized carbons (Fsp3) is 0.118. The number of non-ortho nitro benzene ring substituents is 1. The Morgan fingerprint density at radius 1 is 1.17 bits per heavy atom. The Morgan fingerprint density at radius 2 is 1.83 bits per heavy atom. The summed E-state index contributed by atoms with van der Waals surface area (Å²) >= 11 is 0. The SMILES string of the molecule is N#Cc1cc([N+](=O)[O-])ccc1NC(=O)COC(=O)c1ccc(OC(F)(F)F)cc1. The molecule has 0 saturated heterocycles. The maximum absolute atomic E-state index is 12.1. The number of rotatable bonds is 6. The summed E-state index contributed by atoms with van der Waals surface area (Å²) in [5.41, 5.74) is -0.656. The Hall–Kier alpha value is -4.14. The van der Waals surface area contributed by atoms with E-state index in [2.05, 4.69) is 10.1 Å². The van der Waals surface area contributed by atoms with Gasteiger partial charge >= 0.3 is 12.3 Å². The first kappa shape index (κ1) is 21.2. The fourth-order valence-corrected chi connectivity index (χ4v) is 2.04. The van der Waals surface area contributed by atoms with E-state index in [9.17, 15) is 32.9 Å². The molecular weight excluding hydrogens is 399 g/mol. The minimum absolute atomic E-state index is 0.0206. The molecule has 9 nitrogen and oxygen atoms in total. The van der Waals surface area contributed by atoms with E-state index in [1.807, 2.05) is 0 Å². The van der Waals surface area contributed by atoms with E-state index < -0.39 is 35.5 Å². The minimum Gasteiger partial charge on any atom is -0.452 e. The minimum atomic E-state index is -4.87. The van der Waals surface area contributed by atoms with Gasteiger partial charge in [0.1, 0.15) is 11.8 Å². The Labute approximate surface area is 160 Å². The number of esters is 1. The van der Waals surface area contributed by atoms with Crippen LogP contribution in [0.5, 0.6) is 5.75 Å². The first-order valence-corrected chi connectivity index (χ1v) is 7.60. The number of nitriles is 1. The number of alkyl halides is 3. The van der Waals surface area contributed by atoms with E-state index in [0.717, 1.165) is 42.5 Å². The van der Waals surface area contributed by atoms with Crippen molar-refractivity contribution in [3.05, 3.63) is 63.7 Å². The summed E-state index contributed by atoms with van der Waals surface area (Å²) in [5.74, 6) is -2.35. The van der Waals surface area contributed by atoms with E-state index >= 15 is 0 Å². The molecule has 0 radical (unpaired) electrons. The monoisotopic (exact) mass is 409 g/mol. The number of hydrogen-bond acceptors (Lipinski definition) is 7. The molecule has 0 spiro atoms. The third kappa shape index (κ3) is 6.21. The molecule has 0 fully saturated rings. The molecule has 0 bridgehead atoms. The van der Waals surface area contributed by atoms with Crippen molar-refractivity contribution in [2.75, 3.05) is 11.9 Å². The zero-order valence-electron chi connectivity index (χ0n) is 14.2. The van der Waals surface area contributed by atoms with Crippen molar-refractivity contribution in [3.63, 3.8) is 0 Å². The van der Waals surface area contributed by atoms with Crippen LogP contribution in [-0.4, -0.2) is 29.8 Å². The molecule has 2 aromatic carbocycles. The third-order valence-electron chi connectivity index (χ3n) is 3.27. The molecule has 0 aliphatic rings. The summed E-state index contributed by atoms with van der Waals surface area (Å²) in [6.07, 6.45) is -4.87. The van der Waals surface area contributed by atoms with Gasteiger partial charge in [-0.15, -0.1) is 13.2 Å². The average Bonchev–Trinajstić information content (AvgIpc) is 2.65. The molecule has 0 heterocycles. The lowest BCUT2D eigenvalue weighted by Gasteiger charge is -2.10. The zero-order valence-corrected chi connectivity index (χ0v) is 14.2. The van der Waals surface area contributed by atoms with Crippen molar-refractivity contribution < 1.29 is 37.2 Å². The number of nitrogens with one attached hydrogen (secondary N) is 1. The Balaban J connectivity index is 1.95. The molecule has 0 saturated carbocycles. The van der Waals surface area contributed by atoms with Crippen molar-refractivity contribution in [3.8, 4) is 11.8 Å². The van der Waals surface area contributed by atoms with Gasteiger partial charge in [-0.2, -0.15) is 5.26 Å². The fourth-order valence-electron chi connectivity index (χ4n) is 2.04. The molecule has 0 aromatic heterocycles. The van der Waals surface area contributed by atoms with Crippen molar-refractivity contribution in [1.29, 1.82) is 5.26 Å². The number of carbonyl (C=O) groups excluding carboxylic acids is 2. The summed E-state index contributed by atoms with van der Waals surface area (Å²) in [6, 6.07) is 8.72. The maximum Gasteiger partial charge on any atom is 0.573 e. The Kier molecular flexibility index (Phi) is 6.35. The second-order valence-corrected chi connectivity index (χ2v) is 5.30. The summed E-state index contributed by atoms with van der Waals surface area (Å²) in [5, 5.41) is 22.0. The zero-order chi connectivity index (χ0) is 21.6. The number of hydrogen-bond donors (Lipinski definition) is 1. The number of amides is 1. The number of halogens is 3. The molecular formula is C17H10F3N3O6. The highest BCUT2D eigenvalue weighted by atomic mass is 19.4. The van der Waals surface area contributed by atoms with Gasteiger partial charge in [-0.25, -0.2) is 4.79 Å². The van der Waals surface area contributed by atoms with Gasteiger partial charge in [0.25, 0.3) is 11.6 Å². The highest BCUT2D eigenvalue weighted by Crippen LogP contribution is 2.23. The standard InChI is InChI=1S/C17H10F3N3O6/c18-17(19,20)29-13-4-1-10(2-5-13)16(25)28-9-15(24)22-14-6-3-12(23(26)27)7-11(14)8-21/h1-7H,9H2,(H,22,24). The van der Waals surface area contributed by atoms with E-state index in [1.54, 1.807) is 6.07 Å². The van der Waals surface area contributed by atoms with Crippen LogP contribution in [0.3, 0.4) is 0 Å². The highest BCUT2D eigenvalue weighted by molar-refractivity contribution is 5.96. The second kappa shape index (κ2) is 8.70. The lowest BCUT2D eigenvalue weighted by molar-refractivity contribution is -0.384. The number of nitro groups is 1. The Bertz CT molecular complexity index is 983. The number of anilines is 1. The lowest BCUT2D eigenvalue weighted by atomic mass is 10.1. The van der Waals surface area contributed by atoms with Gasteiger partial charge in [0.05, 0.1) is 21.7 Å². The second-order valence-electron chi connectivity index (χ2n) is 5.30. The van der Waals surface area contributed by atoms with Gasteiger partial charge in [0, 0.05) is 12.1 Å². The van der Waals surface area contributed by atoms with Crippen LogP contribution < -0.4 is 10.1 Å². The number of carbonyl (C=O) groups is 2. The first-order chi connectivity index (χ1) is 13.6. The molecule has 29 heavy (non-hydrogen) atoms. The first-order valence-electron chi connectivity index (χ1n) is 7.60. The molecule has 0 aliphatic heterocycles. The quantitative estimate of drug-likeness (QED) is 0.440. The van der Waals surface area contributed by atoms with Gasteiger partial charge in [-0.3, -0.25) is 14.9 Å². The van der Waals surface area contributed by atoms with Gasteiger partial charge in [-0.1, -0.05) is 0 Å². The van der Waals surface area contributed by atoms with Gasteiger partial charge in [-0.05, 0) is 30.3 Å². The summed E-state index contributed by atoms with van der Waals surface area (Å²) in [6.45, 7) is -0.762. The molecule has 0 unspecified atom stereocenters. The van der Waals surface area contributed by atoms with E-state index in [1.165, 1.54) is 0 Å². The van der Waals surface area contributed by atoms with Gasteiger partial charge in [0.15, 0.2) is 6.61 Å². The van der Waals surface area contributed by atoms with Crippen LogP contribution in [-0.2, 0) is 9.53 Å². The van der Waals surface area contributed by atoms with E-state index in [-0.39, 0.29) is 22.5 Å². The normalized spacial score (nSPS) is 10.6. The van der Waals surface area contributed by atoms with Crippen LogP contribution in [0.4, 0.5) is 24.5 Å². The van der Waals surface area contributed by atoms with Crippen LogP contribution >= 0.6 is 0 Å². The summed E-state index contributed by atoms with van der Waals surface area (Å²) in [7, 11) is 0. The molecule has 150 valence electrons. The lowest BCUT2D eigenvalue weighted by Crippen LogP contribution is -2.21. The van der Waals surface area contributed by atoms with Gasteiger partial charge in [0.2, 0.25) is 0 Å². The van der Waals surface area contributed by atoms with Crippen LogP contribution in [0.15, 0.2) is 42.5 Å². The van der Waals surface area contributed by atoms with Crippen LogP contribution in [0, 0.1) is 21.4 Å². The van der Waals surface area contributed by atoms with Crippen LogP contribution in [0.1, 0.15) is 15.9 Å². The molecule has 12 heteroatoms. The maximum atomic E-state index is 12.1. The summed E-state index contributed by atoms with van der Waals surface area (Å²) in [4.78, 5) is 33.7. The number of ether oxygens (including phenoxy) is 2. The van der Waals surface area contributed by atoms with Crippen LogP contribution in [0.25, 0.3) is 0 Å². The third-order valence-corrected chi connectivity index (χ3v) is 3.27. The van der Waals surface area contributed by atoms with Crippen molar-refractivity contribution in [2.24, 2.45) is 0 Å². The van der Waals surface area contributed by atoms with Crippen molar-refractivity contribution >= 4 is 23.3 Å². The molecule has 0 atom stereocenters. The molecule has 1 N–H and O–H groups in total. The molecule has 2 aromatic rings. The Morgan fingerprint density at radius 3 is 2.38 bits per heavy atom. The molecule has 2 rings (SSSR count). The topological polar surface area (TPSA) is 132 Å². The molecule has 1 amide bonds. The smallest absolute Gasteiger partial charge is 0.452 e. The number of nitro benzene ring substituents is 1. The predicted octanol–water partition coefficient (Wildman–Crippen LogP) is 3.16. The number of benzene rings is 2. The number of nitrogens with zero attached hydrogens (tertiary/aromatic N) is 2.